The van der Waals surface area contributed by atoms with Crippen molar-refractivity contribution in [3.8, 4) is 5.75 Å². The number of H-pyrrole nitrogens is 1. The molecule has 0 aliphatic carbocycles. The Morgan fingerprint density at radius 3 is 2.36 bits per heavy atom. The van der Waals surface area contributed by atoms with Crippen molar-refractivity contribution in [3.63, 3.8) is 0 Å². The van der Waals surface area contributed by atoms with Crippen LogP contribution in [0.4, 0.5) is 0 Å². The van der Waals surface area contributed by atoms with Crippen LogP contribution in [0.2, 0.25) is 0 Å². The van der Waals surface area contributed by atoms with Gasteiger partial charge in [0, 0.05) is 5.69 Å². The van der Waals surface area contributed by atoms with Crippen molar-refractivity contribution in [2.45, 2.75) is 40.7 Å². The number of rotatable bonds is 7. The van der Waals surface area contributed by atoms with E-state index in [1.807, 2.05) is 26.0 Å². The number of carbonyl (C=O) groups excluding carboxylic acids is 3. The maximum atomic E-state index is 12.6. The maximum Gasteiger partial charge on any atom is 0.344 e. The second kappa shape index (κ2) is 8.73. The fourth-order valence-corrected chi connectivity index (χ4v) is 2.84. The fraction of sp³-hybridized carbons (Fsp3) is 0.381. The van der Waals surface area contributed by atoms with Crippen molar-refractivity contribution >= 4 is 17.7 Å². The number of methoxy groups -OCH3 is 1. The highest BCUT2D eigenvalue weighted by Gasteiger charge is 2.27. The first kappa shape index (κ1) is 21.2. The van der Waals surface area contributed by atoms with Gasteiger partial charge in [-0.3, -0.25) is 4.79 Å². The maximum absolute atomic E-state index is 12.6. The molecule has 7 nitrogen and oxygen atoms in total. The first-order valence-electron chi connectivity index (χ1n) is 8.86. The molecule has 2 aromatic rings. The van der Waals surface area contributed by atoms with E-state index in [-0.39, 0.29) is 12.3 Å². The lowest BCUT2D eigenvalue weighted by atomic mass is 10.1. The highest BCUT2D eigenvalue weighted by Crippen LogP contribution is 2.21. The molecule has 0 aliphatic heterocycles. The number of ether oxygens (including phenoxy) is 3. The number of hydrogen-bond acceptors (Lipinski definition) is 6. The minimum Gasteiger partial charge on any atom is -0.482 e. The van der Waals surface area contributed by atoms with E-state index in [1.54, 1.807) is 19.9 Å². The van der Waals surface area contributed by atoms with E-state index in [2.05, 4.69) is 4.98 Å². The molecule has 7 heteroatoms. The molecule has 1 aromatic carbocycles. The predicted octanol–water partition coefficient (Wildman–Crippen LogP) is 3.23. The predicted molar refractivity (Wildman–Crippen MR) is 103 cm³/mol. The number of carbonyl (C=O) groups is 3. The van der Waals surface area contributed by atoms with Crippen LogP contribution in [0, 0.1) is 27.7 Å². The van der Waals surface area contributed by atoms with Crippen LogP contribution in [0.25, 0.3) is 0 Å². The smallest absolute Gasteiger partial charge is 0.344 e. The lowest BCUT2D eigenvalue weighted by Gasteiger charge is -2.13. The number of Topliss-reactive ketones (excluding diaryl/α,β-unsaturated/α-hetero) is 1. The molecule has 0 saturated carbocycles. The van der Waals surface area contributed by atoms with Crippen LogP contribution < -0.4 is 4.74 Å². The minimum atomic E-state index is -1.03. The van der Waals surface area contributed by atoms with Gasteiger partial charge in [-0.25, -0.2) is 9.59 Å². The topological polar surface area (TPSA) is 94.7 Å². The van der Waals surface area contributed by atoms with Crippen LogP contribution in [-0.4, -0.2) is 42.5 Å². The van der Waals surface area contributed by atoms with E-state index in [1.165, 1.54) is 14.0 Å². The number of esters is 2. The number of hydrogen-bond donors (Lipinski definition) is 1. The lowest BCUT2D eigenvalue weighted by molar-refractivity contribution is -0.148. The zero-order valence-electron chi connectivity index (χ0n) is 17.0. The van der Waals surface area contributed by atoms with E-state index in [4.69, 9.17) is 14.2 Å². The molecule has 0 unspecified atom stereocenters. The molecule has 2 rings (SSSR count). The largest absolute Gasteiger partial charge is 0.482 e. The van der Waals surface area contributed by atoms with Gasteiger partial charge in [0.15, 0.2) is 12.7 Å². The third-order valence-electron chi connectivity index (χ3n) is 4.59. The van der Waals surface area contributed by atoms with Gasteiger partial charge < -0.3 is 19.2 Å². The number of aromatic nitrogens is 1. The molecule has 1 N–H and O–H groups in total. The summed E-state index contributed by atoms with van der Waals surface area (Å²) >= 11 is 0. The first-order chi connectivity index (χ1) is 13.1. The van der Waals surface area contributed by atoms with E-state index < -0.39 is 23.8 Å². The van der Waals surface area contributed by atoms with Crippen molar-refractivity contribution in [2.75, 3.05) is 13.7 Å². The summed E-state index contributed by atoms with van der Waals surface area (Å²) in [6.45, 7) is 8.41. The highest BCUT2D eigenvalue weighted by molar-refractivity contribution is 6.03. The summed E-state index contributed by atoms with van der Waals surface area (Å²) in [6, 6.07) is 5.50. The van der Waals surface area contributed by atoms with Gasteiger partial charge in [0.05, 0.1) is 18.4 Å². The van der Waals surface area contributed by atoms with Gasteiger partial charge >= 0.3 is 11.9 Å². The Balaban J connectivity index is 2.01. The second-order valence-corrected chi connectivity index (χ2v) is 6.65. The number of nitrogens with one attached hydrogen (secondary N) is 1. The summed E-state index contributed by atoms with van der Waals surface area (Å²) in [5, 5.41) is 0. The van der Waals surface area contributed by atoms with Gasteiger partial charge in [0.2, 0.25) is 5.78 Å². The zero-order valence-corrected chi connectivity index (χ0v) is 17.0. The van der Waals surface area contributed by atoms with Crippen molar-refractivity contribution in [3.05, 3.63) is 51.8 Å². The Labute approximate surface area is 164 Å². The molecule has 1 aromatic heterocycles. The standard InChI is InChI=1S/C21H25NO6/c1-11-7-8-16(9-12(11)2)27-10-17(23)28-15(5)20(24)19-13(3)18(14(4)22-19)21(25)26-6/h7-9,15,22H,10H2,1-6H3/t15-/m0/s1. The van der Waals surface area contributed by atoms with Gasteiger partial charge in [-0.1, -0.05) is 6.07 Å². The Bertz CT molecular complexity index is 912. The summed E-state index contributed by atoms with van der Waals surface area (Å²) in [6.07, 6.45) is -1.03. The minimum absolute atomic E-state index is 0.216. The molecule has 0 fully saturated rings. The zero-order chi connectivity index (χ0) is 21.0. The highest BCUT2D eigenvalue weighted by atomic mass is 16.6. The first-order valence-corrected chi connectivity index (χ1v) is 8.86. The molecular weight excluding hydrogens is 362 g/mol. The summed E-state index contributed by atoms with van der Waals surface area (Å²) in [5.74, 6) is -1.07. The van der Waals surface area contributed by atoms with Gasteiger partial charge in [-0.15, -0.1) is 0 Å². The van der Waals surface area contributed by atoms with Crippen LogP contribution >= 0.6 is 0 Å². The summed E-state index contributed by atoms with van der Waals surface area (Å²) in [7, 11) is 1.27. The van der Waals surface area contributed by atoms with Crippen LogP contribution in [0.15, 0.2) is 18.2 Å². The average Bonchev–Trinajstić information content (AvgIpc) is 2.95. The second-order valence-electron chi connectivity index (χ2n) is 6.65. The normalized spacial score (nSPS) is 11.6. The number of ketones is 1. The van der Waals surface area contributed by atoms with Gasteiger partial charge in [0.25, 0.3) is 0 Å². The van der Waals surface area contributed by atoms with E-state index in [0.717, 1.165) is 11.1 Å². The molecule has 0 aliphatic rings. The van der Waals surface area contributed by atoms with Crippen LogP contribution in [0.1, 0.15) is 50.2 Å². The molecule has 0 spiro atoms. The number of benzene rings is 1. The van der Waals surface area contributed by atoms with Gasteiger partial charge in [-0.2, -0.15) is 0 Å². The number of aryl methyl sites for hydroxylation is 3. The Morgan fingerprint density at radius 1 is 1.07 bits per heavy atom. The van der Waals surface area contributed by atoms with Crippen molar-refractivity contribution in [1.82, 2.24) is 4.98 Å². The van der Waals surface area contributed by atoms with Gasteiger partial charge in [0.1, 0.15) is 5.75 Å². The average molecular weight is 387 g/mol. The summed E-state index contributed by atoms with van der Waals surface area (Å²) in [5.41, 5.74) is 3.68. The molecular formula is C21H25NO6. The van der Waals surface area contributed by atoms with Crippen LogP contribution in [0.3, 0.4) is 0 Å². The SMILES string of the molecule is COC(=O)c1c(C)[nH]c(C(=O)[C@H](C)OC(=O)COc2ccc(C)c(C)c2)c1C. The molecule has 1 atom stereocenters. The third kappa shape index (κ3) is 4.60. The Hall–Kier alpha value is -3.09. The molecule has 150 valence electrons. The molecule has 0 saturated heterocycles. The lowest BCUT2D eigenvalue weighted by Crippen LogP contribution is -2.28. The van der Waals surface area contributed by atoms with Crippen molar-refractivity contribution in [2.24, 2.45) is 0 Å². The molecule has 0 bridgehead atoms. The van der Waals surface area contributed by atoms with E-state index >= 15 is 0 Å². The van der Waals surface area contributed by atoms with Crippen molar-refractivity contribution in [1.29, 1.82) is 0 Å². The van der Waals surface area contributed by atoms with Crippen LogP contribution in [0.5, 0.6) is 5.75 Å². The quantitative estimate of drug-likeness (QED) is 0.579. The molecule has 0 amide bonds. The fourth-order valence-electron chi connectivity index (χ4n) is 2.84. The van der Waals surface area contributed by atoms with Crippen molar-refractivity contribution < 1.29 is 28.6 Å². The molecule has 0 radical (unpaired) electrons. The third-order valence-corrected chi connectivity index (χ3v) is 4.59. The molecule has 28 heavy (non-hydrogen) atoms. The molecule has 1 heterocycles. The Kier molecular flexibility index (Phi) is 6.62. The van der Waals surface area contributed by atoms with Crippen LogP contribution in [-0.2, 0) is 14.3 Å². The Morgan fingerprint density at radius 2 is 1.75 bits per heavy atom. The van der Waals surface area contributed by atoms with E-state index in [0.29, 0.717) is 22.6 Å². The monoisotopic (exact) mass is 387 g/mol. The summed E-state index contributed by atoms with van der Waals surface area (Å²) < 4.78 is 15.3. The summed E-state index contributed by atoms with van der Waals surface area (Å²) in [4.78, 5) is 39.4. The van der Waals surface area contributed by atoms with Gasteiger partial charge in [-0.05, 0) is 63.4 Å². The number of aromatic amines is 1. The van der Waals surface area contributed by atoms with E-state index in [9.17, 15) is 14.4 Å².